The number of anilines is 1. The zero-order valence-corrected chi connectivity index (χ0v) is 17.6. The Hall–Kier alpha value is -3.22. The van der Waals surface area contributed by atoms with Crippen LogP contribution in [0.5, 0.6) is 5.75 Å². The van der Waals surface area contributed by atoms with Crippen LogP contribution in [0.2, 0.25) is 0 Å². The first-order valence-corrected chi connectivity index (χ1v) is 10.1. The van der Waals surface area contributed by atoms with Crippen molar-refractivity contribution in [3.63, 3.8) is 0 Å². The summed E-state index contributed by atoms with van der Waals surface area (Å²) in [6, 6.07) is 24.8. The molecule has 0 unspecified atom stereocenters. The molecule has 30 heavy (non-hydrogen) atoms. The molecule has 3 aromatic rings. The van der Waals surface area contributed by atoms with Crippen LogP contribution in [0.4, 0.5) is 5.69 Å². The van der Waals surface area contributed by atoms with E-state index in [1.807, 2.05) is 73.7 Å². The Kier molecular flexibility index (Phi) is 7.94. The zero-order chi connectivity index (χ0) is 21.2. The molecule has 0 bridgehead atoms. The van der Waals surface area contributed by atoms with Gasteiger partial charge in [0.2, 0.25) is 0 Å². The van der Waals surface area contributed by atoms with Crippen LogP contribution in [-0.2, 0) is 4.74 Å². The quantitative estimate of drug-likeness (QED) is 0.401. The standard InChI is InChI=1S/C24H24N2O3S/c1-2-28-15-16-29-22-10-6-9-21(17-22)25-24(30)26-23(27)20-13-11-19(12-14-20)18-7-4-3-5-8-18/h3-14,17H,2,15-16H2,1H3,(H2,25,26,27,30). The van der Waals surface area contributed by atoms with Crippen LogP contribution in [0.15, 0.2) is 78.9 Å². The molecule has 6 heteroatoms. The molecule has 5 nitrogen and oxygen atoms in total. The Morgan fingerprint density at radius 1 is 0.900 bits per heavy atom. The van der Waals surface area contributed by atoms with Crippen molar-refractivity contribution in [2.75, 3.05) is 25.1 Å². The number of rotatable bonds is 8. The largest absolute Gasteiger partial charge is 0.491 e. The minimum atomic E-state index is -0.267. The highest BCUT2D eigenvalue weighted by atomic mass is 32.1. The Balaban J connectivity index is 1.54. The van der Waals surface area contributed by atoms with Crippen molar-refractivity contribution in [2.24, 2.45) is 0 Å². The average Bonchev–Trinajstić information content (AvgIpc) is 2.77. The molecule has 2 N–H and O–H groups in total. The van der Waals surface area contributed by atoms with Gasteiger partial charge < -0.3 is 14.8 Å². The van der Waals surface area contributed by atoms with Gasteiger partial charge in [0.05, 0.1) is 6.61 Å². The van der Waals surface area contributed by atoms with Gasteiger partial charge in [-0.05, 0) is 54.5 Å². The van der Waals surface area contributed by atoms with Crippen LogP contribution in [0.25, 0.3) is 11.1 Å². The summed E-state index contributed by atoms with van der Waals surface area (Å²) >= 11 is 5.28. The molecular formula is C24H24N2O3S. The maximum Gasteiger partial charge on any atom is 0.257 e. The summed E-state index contributed by atoms with van der Waals surface area (Å²) in [6.07, 6.45) is 0. The number of benzene rings is 3. The van der Waals surface area contributed by atoms with E-state index in [0.717, 1.165) is 16.8 Å². The number of ether oxygens (including phenoxy) is 2. The molecule has 0 aromatic heterocycles. The number of amides is 1. The highest BCUT2D eigenvalue weighted by Crippen LogP contribution is 2.19. The lowest BCUT2D eigenvalue weighted by Crippen LogP contribution is -2.34. The van der Waals surface area contributed by atoms with Crippen molar-refractivity contribution in [1.82, 2.24) is 5.32 Å². The number of nitrogens with one attached hydrogen (secondary N) is 2. The summed E-state index contributed by atoms with van der Waals surface area (Å²) in [4.78, 5) is 12.5. The van der Waals surface area contributed by atoms with E-state index in [2.05, 4.69) is 10.6 Å². The van der Waals surface area contributed by atoms with Gasteiger partial charge in [-0.3, -0.25) is 10.1 Å². The lowest BCUT2D eigenvalue weighted by Gasteiger charge is -2.12. The number of carbonyl (C=O) groups is 1. The molecule has 0 aliphatic heterocycles. The second kappa shape index (κ2) is 11.1. The number of hydrogen-bond donors (Lipinski definition) is 2. The second-order valence-electron chi connectivity index (χ2n) is 6.42. The molecule has 1 amide bonds. The summed E-state index contributed by atoms with van der Waals surface area (Å²) < 4.78 is 10.9. The van der Waals surface area contributed by atoms with Crippen LogP contribution in [-0.4, -0.2) is 30.8 Å². The molecular weight excluding hydrogens is 396 g/mol. The molecule has 3 rings (SSSR count). The maximum absolute atomic E-state index is 12.5. The lowest BCUT2D eigenvalue weighted by molar-refractivity contribution is 0.0977. The van der Waals surface area contributed by atoms with Gasteiger partial charge in [0, 0.05) is 23.9 Å². The van der Waals surface area contributed by atoms with E-state index in [-0.39, 0.29) is 11.0 Å². The van der Waals surface area contributed by atoms with Crippen LogP contribution in [0.1, 0.15) is 17.3 Å². The van der Waals surface area contributed by atoms with Gasteiger partial charge in [0.15, 0.2) is 5.11 Å². The minimum Gasteiger partial charge on any atom is -0.491 e. The van der Waals surface area contributed by atoms with Crippen molar-refractivity contribution in [1.29, 1.82) is 0 Å². The summed E-state index contributed by atoms with van der Waals surface area (Å²) in [5.74, 6) is 0.432. The molecule has 0 spiro atoms. The third-order valence-electron chi connectivity index (χ3n) is 4.27. The Morgan fingerprint density at radius 2 is 1.63 bits per heavy atom. The SMILES string of the molecule is CCOCCOc1cccc(NC(=S)NC(=O)c2ccc(-c3ccccc3)cc2)c1. The van der Waals surface area contributed by atoms with Gasteiger partial charge in [0.1, 0.15) is 12.4 Å². The summed E-state index contributed by atoms with van der Waals surface area (Å²) in [7, 11) is 0. The monoisotopic (exact) mass is 420 g/mol. The third kappa shape index (κ3) is 6.40. The third-order valence-corrected chi connectivity index (χ3v) is 4.48. The molecule has 0 atom stereocenters. The van der Waals surface area contributed by atoms with Crippen molar-refractivity contribution in [3.8, 4) is 16.9 Å². The molecule has 0 aliphatic carbocycles. The minimum absolute atomic E-state index is 0.221. The van der Waals surface area contributed by atoms with E-state index < -0.39 is 0 Å². The van der Waals surface area contributed by atoms with E-state index in [1.54, 1.807) is 12.1 Å². The number of hydrogen-bond acceptors (Lipinski definition) is 4. The molecule has 0 saturated carbocycles. The van der Waals surface area contributed by atoms with E-state index in [4.69, 9.17) is 21.7 Å². The summed E-state index contributed by atoms with van der Waals surface area (Å²) in [5, 5.41) is 5.93. The van der Waals surface area contributed by atoms with Crippen LogP contribution >= 0.6 is 12.2 Å². The second-order valence-corrected chi connectivity index (χ2v) is 6.83. The van der Waals surface area contributed by atoms with Crippen LogP contribution in [0.3, 0.4) is 0 Å². The van der Waals surface area contributed by atoms with Gasteiger partial charge in [-0.15, -0.1) is 0 Å². The first-order chi connectivity index (χ1) is 14.7. The van der Waals surface area contributed by atoms with Gasteiger partial charge in [-0.25, -0.2) is 0 Å². The highest BCUT2D eigenvalue weighted by molar-refractivity contribution is 7.80. The van der Waals surface area contributed by atoms with Gasteiger partial charge >= 0.3 is 0 Å². The smallest absolute Gasteiger partial charge is 0.257 e. The van der Waals surface area contributed by atoms with Crippen LogP contribution in [0, 0.1) is 0 Å². The highest BCUT2D eigenvalue weighted by Gasteiger charge is 2.09. The van der Waals surface area contributed by atoms with Gasteiger partial charge in [0.25, 0.3) is 5.91 Å². The lowest BCUT2D eigenvalue weighted by atomic mass is 10.0. The van der Waals surface area contributed by atoms with Crippen molar-refractivity contribution in [3.05, 3.63) is 84.4 Å². The maximum atomic E-state index is 12.5. The first-order valence-electron chi connectivity index (χ1n) is 9.74. The molecule has 0 radical (unpaired) electrons. The molecule has 0 aliphatic rings. The van der Waals surface area contributed by atoms with Gasteiger partial charge in [-0.1, -0.05) is 48.5 Å². The predicted octanol–water partition coefficient (Wildman–Crippen LogP) is 4.90. The van der Waals surface area contributed by atoms with Crippen LogP contribution < -0.4 is 15.4 Å². The first kappa shape index (κ1) is 21.5. The molecule has 154 valence electrons. The summed E-state index contributed by atoms with van der Waals surface area (Å²) in [5.41, 5.74) is 3.42. The molecule has 0 saturated heterocycles. The Bertz CT molecular complexity index is 975. The fourth-order valence-corrected chi connectivity index (χ4v) is 3.02. The summed E-state index contributed by atoms with van der Waals surface area (Å²) in [6.45, 7) is 3.61. The topological polar surface area (TPSA) is 59.6 Å². The van der Waals surface area contributed by atoms with Crippen molar-refractivity contribution < 1.29 is 14.3 Å². The fourth-order valence-electron chi connectivity index (χ4n) is 2.81. The Morgan fingerprint density at radius 3 is 2.37 bits per heavy atom. The van der Waals surface area contributed by atoms with Gasteiger partial charge in [-0.2, -0.15) is 0 Å². The van der Waals surface area contributed by atoms with E-state index in [9.17, 15) is 4.79 Å². The normalized spacial score (nSPS) is 10.3. The number of carbonyl (C=O) groups excluding carboxylic acids is 1. The predicted molar refractivity (Wildman–Crippen MR) is 124 cm³/mol. The molecule has 0 fully saturated rings. The average molecular weight is 421 g/mol. The molecule has 0 heterocycles. The van der Waals surface area contributed by atoms with E-state index >= 15 is 0 Å². The van der Waals surface area contributed by atoms with E-state index in [0.29, 0.717) is 31.1 Å². The van der Waals surface area contributed by atoms with Crippen molar-refractivity contribution in [2.45, 2.75) is 6.92 Å². The van der Waals surface area contributed by atoms with E-state index in [1.165, 1.54) is 0 Å². The fraction of sp³-hybridized carbons (Fsp3) is 0.167. The Labute approximate surface area is 182 Å². The molecule has 3 aromatic carbocycles. The number of thiocarbonyl (C=S) groups is 1. The zero-order valence-electron chi connectivity index (χ0n) is 16.8. The van der Waals surface area contributed by atoms with Crippen molar-refractivity contribution >= 4 is 28.9 Å².